The van der Waals surface area contributed by atoms with Gasteiger partial charge in [-0.1, -0.05) is 31.6 Å². The molecular formula is C20H30O5. The molecule has 1 N–H and O–H groups in total. The van der Waals surface area contributed by atoms with E-state index in [9.17, 15) is 5.11 Å². The van der Waals surface area contributed by atoms with Crippen molar-refractivity contribution in [2.75, 3.05) is 21.3 Å². The number of rotatable bonds is 10. The van der Waals surface area contributed by atoms with Gasteiger partial charge in [-0.15, -0.1) is 0 Å². The summed E-state index contributed by atoms with van der Waals surface area (Å²) >= 11 is 0. The predicted molar refractivity (Wildman–Crippen MR) is 99.4 cm³/mol. The molecule has 2 unspecified atom stereocenters. The minimum atomic E-state index is -1.11. The molecule has 1 aromatic rings. The number of allylic oxidation sites excluding steroid dienone is 2. The minimum Gasteiger partial charge on any atom is -0.493 e. The van der Waals surface area contributed by atoms with E-state index in [0.717, 1.165) is 18.4 Å². The van der Waals surface area contributed by atoms with E-state index in [0.29, 0.717) is 22.8 Å². The third-order valence-corrected chi connectivity index (χ3v) is 3.88. The number of hydrogen-bond acceptors (Lipinski definition) is 5. The number of aliphatic hydroxyl groups excluding tert-OH is 1. The van der Waals surface area contributed by atoms with Gasteiger partial charge in [0.25, 0.3) is 0 Å². The van der Waals surface area contributed by atoms with E-state index in [-0.39, 0.29) is 6.10 Å². The molecular weight excluding hydrogens is 320 g/mol. The van der Waals surface area contributed by atoms with Crippen LogP contribution in [0.3, 0.4) is 0 Å². The van der Waals surface area contributed by atoms with Crippen LogP contribution in [-0.2, 0) is 4.74 Å². The van der Waals surface area contributed by atoms with E-state index in [4.69, 9.17) is 18.9 Å². The maximum Gasteiger partial charge on any atom is 0.203 e. The fourth-order valence-electron chi connectivity index (χ4n) is 2.64. The Bertz CT molecular complexity index is 567. The van der Waals surface area contributed by atoms with Gasteiger partial charge < -0.3 is 24.1 Å². The molecule has 0 saturated carbocycles. The molecule has 0 saturated heterocycles. The van der Waals surface area contributed by atoms with Gasteiger partial charge in [0.15, 0.2) is 17.8 Å². The van der Waals surface area contributed by atoms with E-state index in [1.807, 2.05) is 32.1 Å². The molecule has 0 aliphatic heterocycles. The Balaban J connectivity index is 3.14. The Hall–Kier alpha value is -1.98. The summed E-state index contributed by atoms with van der Waals surface area (Å²) in [6.07, 6.45) is 6.43. The SMILES string of the molecule is C/C=C\C(=C/C)C(CCC)OC(O)c1cc(OC)c(OC)c(OC)c1. The zero-order chi connectivity index (χ0) is 18.8. The zero-order valence-electron chi connectivity index (χ0n) is 16.0. The number of benzene rings is 1. The van der Waals surface area contributed by atoms with Crippen LogP contribution >= 0.6 is 0 Å². The molecule has 2 atom stereocenters. The van der Waals surface area contributed by atoms with E-state index in [1.54, 1.807) is 19.2 Å². The van der Waals surface area contributed by atoms with Crippen molar-refractivity contribution in [1.82, 2.24) is 0 Å². The summed E-state index contributed by atoms with van der Waals surface area (Å²) in [7, 11) is 4.62. The Morgan fingerprint density at radius 1 is 1.08 bits per heavy atom. The normalized spacial score (nSPS) is 14.4. The zero-order valence-corrected chi connectivity index (χ0v) is 16.0. The summed E-state index contributed by atoms with van der Waals surface area (Å²) in [5.74, 6) is 1.44. The van der Waals surface area contributed by atoms with Crippen molar-refractivity contribution in [3.8, 4) is 17.2 Å². The van der Waals surface area contributed by atoms with Crippen LogP contribution in [0.25, 0.3) is 0 Å². The van der Waals surface area contributed by atoms with Crippen molar-refractivity contribution in [3.63, 3.8) is 0 Å². The highest BCUT2D eigenvalue weighted by Gasteiger charge is 2.21. The third-order valence-electron chi connectivity index (χ3n) is 3.88. The molecule has 0 bridgehead atoms. The van der Waals surface area contributed by atoms with E-state index < -0.39 is 6.29 Å². The van der Waals surface area contributed by atoms with Crippen LogP contribution in [0.4, 0.5) is 0 Å². The van der Waals surface area contributed by atoms with Gasteiger partial charge in [-0.05, 0) is 38.0 Å². The summed E-state index contributed by atoms with van der Waals surface area (Å²) in [4.78, 5) is 0. The van der Waals surface area contributed by atoms with Gasteiger partial charge in [-0.25, -0.2) is 0 Å². The fraction of sp³-hybridized carbons (Fsp3) is 0.500. The monoisotopic (exact) mass is 350 g/mol. The number of ether oxygens (including phenoxy) is 4. The maximum atomic E-state index is 10.6. The number of methoxy groups -OCH3 is 3. The third kappa shape index (κ3) is 5.51. The van der Waals surface area contributed by atoms with Crippen molar-refractivity contribution in [2.45, 2.75) is 46.0 Å². The maximum absolute atomic E-state index is 10.6. The topological polar surface area (TPSA) is 57.2 Å². The molecule has 0 spiro atoms. The van der Waals surface area contributed by atoms with Crippen LogP contribution in [0.2, 0.25) is 0 Å². The highest BCUT2D eigenvalue weighted by molar-refractivity contribution is 5.54. The lowest BCUT2D eigenvalue weighted by Crippen LogP contribution is -2.19. The average molecular weight is 350 g/mol. The van der Waals surface area contributed by atoms with Crippen LogP contribution in [0, 0.1) is 0 Å². The van der Waals surface area contributed by atoms with Gasteiger partial charge >= 0.3 is 0 Å². The minimum absolute atomic E-state index is 0.194. The summed E-state index contributed by atoms with van der Waals surface area (Å²) in [6, 6.07) is 3.39. The molecule has 0 aliphatic carbocycles. The van der Waals surface area contributed by atoms with Crippen LogP contribution in [0.1, 0.15) is 45.5 Å². The first-order valence-electron chi connectivity index (χ1n) is 8.48. The lowest BCUT2D eigenvalue weighted by Gasteiger charge is -2.24. The van der Waals surface area contributed by atoms with Crippen LogP contribution in [0.5, 0.6) is 17.2 Å². The first kappa shape index (κ1) is 21.1. The Morgan fingerprint density at radius 2 is 1.68 bits per heavy atom. The van der Waals surface area contributed by atoms with Crippen molar-refractivity contribution in [3.05, 3.63) is 41.5 Å². The van der Waals surface area contributed by atoms with Crippen molar-refractivity contribution in [2.24, 2.45) is 0 Å². The van der Waals surface area contributed by atoms with E-state index in [1.165, 1.54) is 14.2 Å². The second kappa shape index (κ2) is 10.8. The highest BCUT2D eigenvalue weighted by atomic mass is 16.6. The van der Waals surface area contributed by atoms with Crippen LogP contribution < -0.4 is 14.2 Å². The predicted octanol–water partition coefficient (Wildman–Crippen LogP) is 4.41. The van der Waals surface area contributed by atoms with Crippen molar-refractivity contribution in [1.29, 1.82) is 0 Å². The molecule has 1 rings (SSSR count). The molecule has 5 nitrogen and oxygen atoms in total. The molecule has 0 aromatic heterocycles. The quantitative estimate of drug-likeness (QED) is 0.500. The molecule has 0 radical (unpaired) electrons. The van der Waals surface area contributed by atoms with Gasteiger partial charge in [-0.3, -0.25) is 0 Å². The summed E-state index contributed by atoms with van der Waals surface area (Å²) < 4.78 is 21.9. The number of aliphatic hydroxyl groups is 1. The molecule has 25 heavy (non-hydrogen) atoms. The average Bonchev–Trinajstić information content (AvgIpc) is 2.64. The van der Waals surface area contributed by atoms with E-state index >= 15 is 0 Å². The highest BCUT2D eigenvalue weighted by Crippen LogP contribution is 2.40. The Kier molecular flexibility index (Phi) is 9.10. The van der Waals surface area contributed by atoms with Gasteiger partial charge in [0.1, 0.15) is 0 Å². The van der Waals surface area contributed by atoms with E-state index in [2.05, 4.69) is 6.92 Å². The molecule has 0 heterocycles. The standard InChI is InChI=1S/C20H30O5/c1-7-10-14(9-3)16(11-8-2)25-20(21)15-12-17(22-4)19(24-6)18(13-15)23-5/h7,9-10,12-13,16,20-21H,8,11H2,1-6H3/b10-7-,14-9+. The van der Waals surface area contributed by atoms with Gasteiger partial charge in [0, 0.05) is 5.56 Å². The largest absolute Gasteiger partial charge is 0.493 e. The lowest BCUT2D eigenvalue weighted by molar-refractivity contribution is -0.130. The molecule has 140 valence electrons. The van der Waals surface area contributed by atoms with Gasteiger partial charge in [-0.2, -0.15) is 0 Å². The first-order chi connectivity index (χ1) is 12.1. The Morgan fingerprint density at radius 3 is 2.08 bits per heavy atom. The molecule has 5 heteroatoms. The second-order valence-electron chi connectivity index (χ2n) is 5.51. The Labute approximate surface area is 150 Å². The molecule has 0 aliphatic rings. The number of hydrogen-bond donors (Lipinski definition) is 1. The van der Waals surface area contributed by atoms with Crippen molar-refractivity contribution < 1.29 is 24.1 Å². The van der Waals surface area contributed by atoms with Gasteiger partial charge in [0.05, 0.1) is 27.4 Å². The first-order valence-corrected chi connectivity index (χ1v) is 8.48. The van der Waals surface area contributed by atoms with Crippen LogP contribution in [-0.4, -0.2) is 32.5 Å². The van der Waals surface area contributed by atoms with Crippen LogP contribution in [0.15, 0.2) is 35.9 Å². The smallest absolute Gasteiger partial charge is 0.203 e. The van der Waals surface area contributed by atoms with Crippen molar-refractivity contribution >= 4 is 0 Å². The summed E-state index contributed by atoms with van der Waals surface area (Å²) in [5.41, 5.74) is 1.59. The molecule has 1 aromatic carbocycles. The summed E-state index contributed by atoms with van der Waals surface area (Å²) in [5, 5.41) is 10.6. The lowest BCUT2D eigenvalue weighted by atomic mass is 10.0. The summed E-state index contributed by atoms with van der Waals surface area (Å²) in [6.45, 7) is 6.01. The molecule has 0 amide bonds. The second-order valence-corrected chi connectivity index (χ2v) is 5.51. The molecule has 0 fully saturated rings. The fourth-order valence-corrected chi connectivity index (χ4v) is 2.64. The van der Waals surface area contributed by atoms with Gasteiger partial charge in [0.2, 0.25) is 5.75 Å².